The first-order chi connectivity index (χ1) is 18.2. The molecule has 38 heavy (non-hydrogen) atoms. The number of carbonyl (C=O) groups is 3. The summed E-state index contributed by atoms with van der Waals surface area (Å²) < 4.78 is 2.12. The number of hydrogen-bond acceptors (Lipinski definition) is 5. The minimum Gasteiger partial charge on any atom is -0.871 e. The van der Waals surface area contributed by atoms with Crippen LogP contribution in [-0.2, 0) is 14.4 Å². The molecule has 0 saturated carbocycles. The van der Waals surface area contributed by atoms with Crippen LogP contribution in [-0.4, -0.2) is 54.1 Å². The Morgan fingerprint density at radius 3 is 2.08 bits per heavy atom. The molecule has 0 aliphatic heterocycles. The quantitative estimate of drug-likeness (QED) is 0.365. The number of Topliss-reactive ketones (excluding diaryl/α,β-unsaturated/α-hetero) is 1. The number of benzene rings is 1. The zero-order valence-electron chi connectivity index (χ0n) is 23.2. The third kappa shape index (κ3) is 5.64. The van der Waals surface area contributed by atoms with Crippen LogP contribution in [0.3, 0.4) is 0 Å². The van der Waals surface area contributed by atoms with Gasteiger partial charge in [0.15, 0.2) is 5.78 Å². The van der Waals surface area contributed by atoms with Gasteiger partial charge in [-0.15, -0.1) is 0 Å². The molecular formula is C30H38N4O4. The lowest BCUT2D eigenvalue weighted by Crippen LogP contribution is -2.34. The van der Waals surface area contributed by atoms with Crippen LogP contribution in [0.2, 0.25) is 0 Å². The van der Waals surface area contributed by atoms with E-state index in [1.54, 1.807) is 26.0 Å². The van der Waals surface area contributed by atoms with Gasteiger partial charge < -0.3 is 20.6 Å². The lowest BCUT2D eigenvalue weighted by molar-refractivity contribution is -0.519. The van der Waals surface area contributed by atoms with Gasteiger partial charge in [-0.1, -0.05) is 25.7 Å². The van der Waals surface area contributed by atoms with Crippen molar-refractivity contribution in [1.82, 2.24) is 5.32 Å². The lowest BCUT2D eigenvalue weighted by atomic mass is 9.78. The van der Waals surface area contributed by atoms with Crippen molar-refractivity contribution >= 4 is 40.3 Å². The van der Waals surface area contributed by atoms with Gasteiger partial charge in [0.1, 0.15) is 13.1 Å². The minimum atomic E-state index is -0.403. The molecule has 0 aromatic heterocycles. The van der Waals surface area contributed by atoms with Gasteiger partial charge in [0.05, 0.1) is 11.4 Å². The normalized spacial score (nSPS) is 16.7. The van der Waals surface area contributed by atoms with Crippen molar-refractivity contribution in [2.75, 3.05) is 36.4 Å². The average molecular weight is 519 g/mol. The van der Waals surface area contributed by atoms with Crippen LogP contribution in [0, 0.1) is 0 Å². The van der Waals surface area contributed by atoms with Crippen molar-refractivity contribution in [3.63, 3.8) is 0 Å². The molecule has 0 atom stereocenters. The molecule has 2 N–H and O–H groups in total. The van der Waals surface area contributed by atoms with Crippen LogP contribution in [0.25, 0.3) is 5.57 Å². The van der Waals surface area contributed by atoms with Crippen LogP contribution >= 0.6 is 0 Å². The van der Waals surface area contributed by atoms with E-state index in [1.807, 2.05) is 52.0 Å². The molecule has 2 aliphatic rings. The summed E-state index contributed by atoms with van der Waals surface area (Å²) in [6.07, 6.45) is 5.93. The Morgan fingerprint density at radius 2 is 1.53 bits per heavy atom. The number of carbonyl (C=O) groups excluding carboxylic acids is 3. The highest BCUT2D eigenvalue weighted by atomic mass is 16.3. The van der Waals surface area contributed by atoms with Crippen molar-refractivity contribution in [2.45, 2.75) is 54.4 Å². The molecule has 3 rings (SSSR count). The SMILES string of the molecule is CCC(=O)NC1=CC(=[N+](CC)CC)C=C/C1=C1/C(=O)C(c2ccc(N(CC)CC)cc2NC(=O)CC)=C1[O-]. The van der Waals surface area contributed by atoms with Crippen LogP contribution in [0.4, 0.5) is 11.4 Å². The van der Waals surface area contributed by atoms with Crippen molar-refractivity contribution in [1.29, 1.82) is 0 Å². The Kier molecular flexibility index (Phi) is 9.45. The Hall–Kier alpha value is -3.94. The van der Waals surface area contributed by atoms with E-state index in [9.17, 15) is 19.5 Å². The third-order valence-electron chi connectivity index (χ3n) is 6.90. The number of nitrogens with one attached hydrogen (secondary N) is 2. The maximum atomic E-state index is 13.5. The molecule has 0 unspecified atom stereocenters. The van der Waals surface area contributed by atoms with Gasteiger partial charge in [0.2, 0.25) is 17.5 Å². The second-order valence-electron chi connectivity index (χ2n) is 9.02. The monoisotopic (exact) mass is 518 g/mol. The third-order valence-corrected chi connectivity index (χ3v) is 6.90. The highest BCUT2D eigenvalue weighted by Crippen LogP contribution is 2.42. The number of nitrogens with zero attached hydrogens (tertiary/aromatic N) is 2. The molecular weight excluding hydrogens is 480 g/mol. The van der Waals surface area contributed by atoms with Gasteiger partial charge in [-0.3, -0.25) is 14.4 Å². The van der Waals surface area contributed by atoms with Crippen LogP contribution in [0.1, 0.15) is 59.9 Å². The molecule has 1 aromatic rings. The summed E-state index contributed by atoms with van der Waals surface area (Å²) in [5, 5.41) is 19.2. The lowest BCUT2D eigenvalue weighted by Gasteiger charge is -2.34. The Bertz CT molecular complexity index is 1290. The van der Waals surface area contributed by atoms with Crippen molar-refractivity contribution in [3.05, 3.63) is 64.6 Å². The molecule has 0 bridgehead atoms. The number of rotatable bonds is 10. The highest BCUT2D eigenvalue weighted by molar-refractivity contribution is 6.40. The van der Waals surface area contributed by atoms with E-state index in [2.05, 4.69) is 20.1 Å². The van der Waals surface area contributed by atoms with Gasteiger partial charge in [0.25, 0.3) is 0 Å². The van der Waals surface area contributed by atoms with E-state index >= 15 is 0 Å². The van der Waals surface area contributed by atoms with Crippen LogP contribution in [0.5, 0.6) is 0 Å². The number of ketones is 1. The van der Waals surface area contributed by atoms with Gasteiger partial charge in [-0.2, -0.15) is 0 Å². The maximum Gasteiger partial charge on any atom is 0.224 e. The molecule has 1 aromatic carbocycles. The Labute approximate surface area is 225 Å². The fraction of sp³-hybridized carbons (Fsp3) is 0.400. The molecule has 2 amide bonds. The molecule has 0 radical (unpaired) electrons. The van der Waals surface area contributed by atoms with Gasteiger partial charge in [-0.25, -0.2) is 4.58 Å². The summed E-state index contributed by atoms with van der Waals surface area (Å²) in [6.45, 7) is 14.8. The second-order valence-corrected chi connectivity index (χ2v) is 9.02. The molecule has 0 fully saturated rings. The van der Waals surface area contributed by atoms with E-state index in [0.29, 0.717) is 22.5 Å². The fourth-order valence-corrected chi connectivity index (χ4v) is 4.64. The van der Waals surface area contributed by atoms with E-state index in [4.69, 9.17) is 0 Å². The second kappa shape index (κ2) is 12.5. The van der Waals surface area contributed by atoms with Crippen LogP contribution in [0.15, 0.2) is 59.0 Å². The minimum absolute atomic E-state index is 0.0399. The zero-order chi connectivity index (χ0) is 28.0. The first-order valence-electron chi connectivity index (χ1n) is 13.5. The largest absolute Gasteiger partial charge is 0.871 e. The summed E-state index contributed by atoms with van der Waals surface area (Å²) in [7, 11) is 0. The summed E-state index contributed by atoms with van der Waals surface area (Å²) in [6, 6.07) is 5.40. The number of allylic oxidation sites excluding steroid dienone is 5. The topological polar surface area (TPSA) is 105 Å². The molecule has 0 heterocycles. The first kappa shape index (κ1) is 28.6. The molecule has 8 heteroatoms. The zero-order valence-corrected chi connectivity index (χ0v) is 23.2. The van der Waals surface area contributed by atoms with Gasteiger partial charge in [0, 0.05) is 66.1 Å². The summed E-state index contributed by atoms with van der Waals surface area (Å²) in [5.74, 6) is -1.22. The van der Waals surface area contributed by atoms with Crippen molar-refractivity contribution in [2.24, 2.45) is 0 Å². The highest BCUT2D eigenvalue weighted by Gasteiger charge is 2.34. The summed E-state index contributed by atoms with van der Waals surface area (Å²) in [4.78, 5) is 40.2. The predicted molar refractivity (Wildman–Crippen MR) is 150 cm³/mol. The number of amides is 2. The smallest absolute Gasteiger partial charge is 0.224 e. The standard InChI is InChI=1S/C30H38N4O4/c1-7-25(35)31-23-17-19(33(9-3)10-4)13-15-21(23)27-29(37)28(30(27)38)22-16-14-20(34(11-5)12-6)18-24(22)32-26(36)8-2/h13-18H,7-12H2,1-6H3,(H2,31,32,35,36,37,38). The number of hydrogen-bond donors (Lipinski definition) is 2. The van der Waals surface area contributed by atoms with E-state index in [-0.39, 0.29) is 35.8 Å². The predicted octanol–water partition coefficient (Wildman–Crippen LogP) is 3.31. The summed E-state index contributed by atoms with van der Waals surface area (Å²) >= 11 is 0. The Balaban J connectivity index is 2.15. The van der Waals surface area contributed by atoms with Gasteiger partial charge >= 0.3 is 0 Å². The summed E-state index contributed by atoms with van der Waals surface area (Å²) in [5.41, 5.74) is 3.55. The molecule has 2 aliphatic carbocycles. The molecule has 8 nitrogen and oxygen atoms in total. The average Bonchev–Trinajstić information content (AvgIpc) is 2.92. The molecule has 0 spiro atoms. The Morgan fingerprint density at radius 1 is 0.895 bits per heavy atom. The van der Waals surface area contributed by atoms with E-state index < -0.39 is 11.5 Å². The maximum absolute atomic E-state index is 13.5. The molecule has 202 valence electrons. The first-order valence-corrected chi connectivity index (χ1v) is 13.5. The van der Waals surface area contributed by atoms with Crippen molar-refractivity contribution < 1.29 is 24.1 Å². The molecule has 0 saturated heterocycles. The van der Waals surface area contributed by atoms with Crippen molar-refractivity contribution in [3.8, 4) is 0 Å². The van der Waals surface area contributed by atoms with Gasteiger partial charge in [-0.05, 0) is 45.9 Å². The van der Waals surface area contributed by atoms with Crippen LogP contribution < -0.4 is 20.6 Å². The fourth-order valence-electron chi connectivity index (χ4n) is 4.64. The van der Waals surface area contributed by atoms with E-state index in [1.165, 1.54) is 0 Å². The van der Waals surface area contributed by atoms with E-state index in [0.717, 1.165) is 37.6 Å². The number of anilines is 2.